The van der Waals surface area contributed by atoms with Crippen molar-refractivity contribution in [3.63, 3.8) is 0 Å². The van der Waals surface area contributed by atoms with E-state index in [9.17, 15) is 0 Å². The molecular weight excluding hydrogens is 294 g/mol. The molecule has 2 heterocycles. The van der Waals surface area contributed by atoms with Gasteiger partial charge in [0.2, 0.25) is 0 Å². The van der Waals surface area contributed by atoms with Crippen molar-refractivity contribution in [2.75, 3.05) is 18.0 Å². The minimum atomic E-state index is 0.357. The van der Waals surface area contributed by atoms with Gasteiger partial charge in [-0.05, 0) is 69.4 Å². The molecule has 0 saturated carbocycles. The number of aryl methyl sites for hydroxylation is 2. The van der Waals surface area contributed by atoms with Crippen LogP contribution in [0.25, 0.3) is 0 Å². The van der Waals surface area contributed by atoms with Crippen LogP contribution in [0.3, 0.4) is 0 Å². The summed E-state index contributed by atoms with van der Waals surface area (Å²) in [6.07, 6.45) is 4.38. The number of hydrogen-bond donors (Lipinski definition) is 1. The van der Waals surface area contributed by atoms with E-state index in [2.05, 4.69) is 66.3 Å². The minimum Gasteiger partial charge on any atom is -0.371 e. The van der Waals surface area contributed by atoms with Gasteiger partial charge in [-0.3, -0.25) is 4.98 Å². The number of aromatic nitrogens is 1. The topological polar surface area (TPSA) is 28.2 Å². The van der Waals surface area contributed by atoms with Crippen molar-refractivity contribution in [3.8, 4) is 0 Å². The van der Waals surface area contributed by atoms with Crippen molar-refractivity contribution in [1.82, 2.24) is 10.3 Å². The lowest BCUT2D eigenvalue weighted by Gasteiger charge is -2.36. The zero-order chi connectivity index (χ0) is 17.1. The van der Waals surface area contributed by atoms with Gasteiger partial charge in [-0.2, -0.15) is 0 Å². The van der Waals surface area contributed by atoms with Crippen molar-refractivity contribution in [2.24, 2.45) is 0 Å². The number of anilines is 1. The van der Waals surface area contributed by atoms with Gasteiger partial charge in [-0.15, -0.1) is 0 Å². The third kappa shape index (κ3) is 3.78. The first kappa shape index (κ1) is 17.0. The SMILES string of the molecule is Cc1ccc(C(C)NC2CCN(c3cccc(C)c3C)CC2)cn1. The van der Waals surface area contributed by atoms with Crippen LogP contribution >= 0.6 is 0 Å². The zero-order valence-electron chi connectivity index (χ0n) is 15.3. The third-order valence-corrected chi connectivity index (χ3v) is 5.33. The number of nitrogens with one attached hydrogen (secondary N) is 1. The number of rotatable bonds is 4. The molecule has 1 aromatic carbocycles. The first-order valence-electron chi connectivity index (χ1n) is 9.04. The van der Waals surface area contributed by atoms with Gasteiger partial charge in [0, 0.05) is 42.8 Å². The fraction of sp³-hybridized carbons (Fsp3) is 0.476. The molecule has 1 aliphatic rings. The lowest BCUT2D eigenvalue weighted by Crippen LogP contribution is -2.43. The average Bonchev–Trinajstić information content (AvgIpc) is 2.59. The van der Waals surface area contributed by atoms with Crippen LogP contribution in [0.15, 0.2) is 36.5 Å². The molecule has 3 nitrogen and oxygen atoms in total. The molecule has 0 bridgehead atoms. The molecule has 0 radical (unpaired) electrons. The summed E-state index contributed by atoms with van der Waals surface area (Å²) in [5.74, 6) is 0. The Hall–Kier alpha value is -1.87. The van der Waals surface area contributed by atoms with Crippen LogP contribution in [0.2, 0.25) is 0 Å². The second-order valence-electron chi connectivity index (χ2n) is 7.10. The summed E-state index contributed by atoms with van der Waals surface area (Å²) in [4.78, 5) is 6.96. The van der Waals surface area contributed by atoms with Crippen LogP contribution < -0.4 is 10.2 Å². The molecule has 1 unspecified atom stereocenters. The summed E-state index contributed by atoms with van der Waals surface area (Å²) in [7, 11) is 0. The van der Waals surface area contributed by atoms with Gasteiger partial charge in [-0.1, -0.05) is 18.2 Å². The van der Waals surface area contributed by atoms with Gasteiger partial charge in [-0.25, -0.2) is 0 Å². The Bertz CT molecular complexity index is 670. The van der Waals surface area contributed by atoms with Crippen molar-refractivity contribution < 1.29 is 0 Å². The number of piperidine rings is 1. The van der Waals surface area contributed by atoms with Gasteiger partial charge in [0.1, 0.15) is 0 Å². The van der Waals surface area contributed by atoms with E-state index in [1.807, 2.05) is 13.1 Å². The number of hydrogen-bond acceptors (Lipinski definition) is 3. The van der Waals surface area contributed by atoms with Gasteiger partial charge in [0.05, 0.1) is 0 Å². The Kier molecular flexibility index (Phi) is 5.20. The maximum Gasteiger partial charge on any atom is 0.0398 e. The van der Waals surface area contributed by atoms with Crippen LogP contribution in [0.1, 0.15) is 48.2 Å². The third-order valence-electron chi connectivity index (χ3n) is 5.33. The normalized spacial score (nSPS) is 17.1. The predicted octanol–water partition coefficient (Wildman–Crippen LogP) is 4.33. The fourth-order valence-electron chi connectivity index (χ4n) is 3.55. The molecule has 1 aliphatic heterocycles. The van der Waals surface area contributed by atoms with Crippen molar-refractivity contribution in [3.05, 3.63) is 58.9 Å². The molecule has 0 spiro atoms. The summed E-state index contributed by atoms with van der Waals surface area (Å²) in [5, 5.41) is 3.79. The second kappa shape index (κ2) is 7.35. The van der Waals surface area contributed by atoms with Gasteiger partial charge >= 0.3 is 0 Å². The molecule has 1 fully saturated rings. The molecule has 128 valence electrons. The molecule has 3 rings (SSSR count). The lowest BCUT2D eigenvalue weighted by atomic mass is 10.00. The molecule has 1 aromatic heterocycles. The second-order valence-corrected chi connectivity index (χ2v) is 7.10. The first-order chi connectivity index (χ1) is 11.5. The molecule has 24 heavy (non-hydrogen) atoms. The summed E-state index contributed by atoms with van der Waals surface area (Å²) in [6.45, 7) is 11.0. The number of nitrogens with zero attached hydrogens (tertiary/aromatic N) is 2. The van der Waals surface area contributed by atoms with Crippen molar-refractivity contribution >= 4 is 5.69 Å². The summed E-state index contributed by atoms with van der Waals surface area (Å²) in [5.41, 5.74) is 6.56. The highest BCUT2D eigenvalue weighted by molar-refractivity contribution is 5.56. The van der Waals surface area contributed by atoms with Crippen molar-refractivity contribution in [1.29, 1.82) is 0 Å². The maximum absolute atomic E-state index is 4.41. The molecule has 1 saturated heterocycles. The summed E-state index contributed by atoms with van der Waals surface area (Å²) >= 11 is 0. The zero-order valence-corrected chi connectivity index (χ0v) is 15.3. The molecule has 3 heteroatoms. The lowest BCUT2D eigenvalue weighted by molar-refractivity contribution is 0.380. The highest BCUT2D eigenvalue weighted by Gasteiger charge is 2.22. The smallest absolute Gasteiger partial charge is 0.0398 e. The molecular formula is C21H29N3. The van der Waals surface area contributed by atoms with Crippen LogP contribution in [0.4, 0.5) is 5.69 Å². The quantitative estimate of drug-likeness (QED) is 0.908. The standard InChI is InChI=1S/C21H29N3/c1-15-6-5-7-21(17(15)3)24-12-10-20(11-13-24)23-18(4)19-9-8-16(2)22-14-19/h5-9,14,18,20,23H,10-13H2,1-4H3. The Morgan fingerprint density at radius 2 is 1.83 bits per heavy atom. The average molecular weight is 323 g/mol. The van der Waals surface area contributed by atoms with Gasteiger partial charge < -0.3 is 10.2 Å². The van der Waals surface area contributed by atoms with Crippen LogP contribution in [0.5, 0.6) is 0 Å². The molecule has 1 atom stereocenters. The summed E-state index contributed by atoms with van der Waals surface area (Å²) < 4.78 is 0. The largest absolute Gasteiger partial charge is 0.371 e. The molecule has 0 amide bonds. The van der Waals surface area contributed by atoms with Gasteiger partial charge in [0.15, 0.2) is 0 Å². The highest BCUT2D eigenvalue weighted by atomic mass is 15.2. The first-order valence-corrected chi connectivity index (χ1v) is 9.04. The van der Waals surface area contributed by atoms with E-state index in [-0.39, 0.29) is 0 Å². The van der Waals surface area contributed by atoms with E-state index in [1.165, 1.54) is 35.2 Å². The predicted molar refractivity (Wildman–Crippen MR) is 102 cm³/mol. The number of benzene rings is 1. The van der Waals surface area contributed by atoms with E-state index < -0.39 is 0 Å². The maximum atomic E-state index is 4.41. The van der Waals surface area contributed by atoms with E-state index in [4.69, 9.17) is 0 Å². The minimum absolute atomic E-state index is 0.357. The molecule has 1 N–H and O–H groups in total. The fourth-order valence-corrected chi connectivity index (χ4v) is 3.55. The van der Waals surface area contributed by atoms with Gasteiger partial charge in [0.25, 0.3) is 0 Å². The Morgan fingerprint density at radius 3 is 2.50 bits per heavy atom. The number of pyridine rings is 1. The molecule has 0 aliphatic carbocycles. The van der Waals surface area contributed by atoms with Crippen molar-refractivity contribution in [2.45, 2.75) is 52.6 Å². The van der Waals surface area contributed by atoms with E-state index in [0.29, 0.717) is 12.1 Å². The van der Waals surface area contributed by atoms with Crippen LogP contribution in [-0.2, 0) is 0 Å². The summed E-state index contributed by atoms with van der Waals surface area (Å²) in [6, 6.07) is 11.9. The Balaban J connectivity index is 1.57. The molecule has 2 aromatic rings. The van der Waals surface area contributed by atoms with E-state index in [0.717, 1.165) is 18.8 Å². The van der Waals surface area contributed by atoms with Crippen LogP contribution in [-0.4, -0.2) is 24.1 Å². The monoisotopic (exact) mass is 323 g/mol. The highest BCUT2D eigenvalue weighted by Crippen LogP contribution is 2.26. The van der Waals surface area contributed by atoms with Crippen LogP contribution in [0, 0.1) is 20.8 Å². The Morgan fingerprint density at radius 1 is 1.08 bits per heavy atom. The Labute approximate surface area is 146 Å². The van der Waals surface area contributed by atoms with E-state index >= 15 is 0 Å². The van der Waals surface area contributed by atoms with E-state index in [1.54, 1.807) is 0 Å².